The Bertz CT molecular complexity index is 284. The minimum atomic E-state index is -0.827. The summed E-state index contributed by atoms with van der Waals surface area (Å²) in [5.74, 6) is -0.979. The maximum Gasteiger partial charge on any atom is 0.307 e. The molecule has 2 aliphatic carbocycles. The van der Waals surface area contributed by atoms with E-state index in [1.807, 2.05) is 0 Å². The third-order valence-electron chi connectivity index (χ3n) is 3.97. The number of amides is 1. The second-order valence-corrected chi connectivity index (χ2v) is 5.02. The number of carboxylic acid groups (broad SMARTS) is 1. The van der Waals surface area contributed by atoms with Gasteiger partial charge >= 0.3 is 5.97 Å². The first kappa shape index (κ1) is 11.4. The number of carbonyl (C=O) groups excluding carboxylic acids is 1. The van der Waals surface area contributed by atoms with Crippen LogP contribution in [0.15, 0.2) is 0 Å². The van der Waals surface area contributed by atoms with Crippen LogP contribution in [0.4, 0.5) is 0 Å². The molecule has 0 saturated heterocycles. The molecule has 0 aromatic carbocycles. The van der Waals surface area contributed by atoms with Crippen molar-refractivity contribution in [3.8, 4) is 0 Å². The predicted molar refractivity (Wildman–Crippen MR) is 58.8 cm³/mol. The molecule has 90 valence electrons. The van der Waals surface area contributed by atoms with E-state index in [0.717, 1.165) is 13.0 Å². The number of aliphatic carboxylic acids is 1. The summed E-state index contributed by atoms with van der Waals surface area (Å²) < 4.78 is 0. The first-order valence-electron chi connectivity index (χ1n) is 6.19. The summed E-state index contributed by atoms with van der Waals surface area (Å²) in [5.41, 5.74) is 0. The first-order valence-corrected chi connectivity index (χ1v) is 6.19. The van der Waals surface area contributed by atoms with E-state index in [1.54, 1.807) is 0 Å². The van der Waals surface area contributed by atoms with E-state index in [9.17, 15) is 9.59 Å². The van der Waals surface area contributed by atoms with E-state index < -0.39 is 11.9 Å². The minimum Gasteiger partial charge on any atom is -0.481 e. The molecule has 2 unspecified atom stereocenters. The summed E-state index contributed by atoms with van der Waals surface area (Å²) in [6, 6.07) is 0. The van der Waals surface area contributed by atoms with E-state index in [4.69, 9.17) is 5.11 Å². The van der Waals surface area contributed by atoms with Crippen molar-refractivity contribution in [2.75, 3.05) is 6.54 Å². The number of hydrogen-bond acceptors (Lipinski definition) is 2. The van der Waals surface area contributed by atoms with Gasteiger partial charge in [0, 0.05) is 6.54 Å². The maximum absolute atomic E-state index is 11.7. The lowest BCUT2D eigenvalue weighted by Gasteiger charge is -2.32. The maximum atomic E-state index is 11.7. The smallest absolute Gasteiger partial charge is 0.307 e. The lowest BCUT2D eigenvalue weighted by atomic mass is 9.73. The van der Waals surface area contributed by atoms with Crippen molar-refractivity contribution in [2.24, 2.45) is 17.8 Å². The van der Waals surface area contributed by atoms with Gasteiger partial charge < -0.3 is 10.4 Å². The molecule has 2 saturated carbocycles. The molecular weight excluding hydrogens is 206 g/mol. The molecule has 0 heterocycles. The summed E-state index contributed by atoms with van der Waals surface area (Å²) >= 11 is 0. The van der Waals surface area contributed by atoms with Gasteiger partial charge in [-0.2, -0.15) is 0 Å². The lowest BCUT2D eigenvalue weighted by molar-refractivity contribution is -0.152. The van der Waals surface area contributed by atoms with Gasteiger partial charge in [-0.05, 0) is 31.6 Å². The number of rotatable bonds is 4. The normalized spacial score (nSPS) is 29.8. The van der Waals surface area contributed by atoms with Crippen LogP contribution in [-0.2, 0) is 9.59 Å². The second-order valence-electron chi connectivity index (χ2n) is 5.02. The van der Waals surface area contributed by atoms with Crippen LogP contribution in [0.1, 0.15) is 38.5 Å². The predicted octanol–water partition coefficient (Wildman–Crippen LogP) is 1.40. The molecule has 0 radical (unpaired) electrons. The highest BCUT2D eigenvalue weighted by molar-refractivity contribution is 5.86. The third-order valence-corrected chi connectivity index (χ3v) is 3.97. The van der Waals surface area contributed by atoms with Gasteiger partial charge in [-0.1, -0.05) is 12.8 Å². The molecule has 2 N–H and O–H groups in total. The third kappa shape index (κ3) is 2.36. The van der Waals surface area contributed by atoms with Gasteiger partial charge in [-0.3, -0.25) is 9.59 Å². The molecule has 0 aromatic heterocycles. The van der Waals surface area contributed by atoms with Gasteiger partial charge in [0.2, 0.25) is 5.91 Å². The van der Waals surface area contributed by atoms with E-state index in [-0.39, 0.29) is 11.8 Å². The minimum absolute atomic E-state index is 0.0504. The van der Waals surface area contributed by atoms with Crippen LogP contribution in [0.5, 0.6) is 0 Å². The summed E-state index contributed by atoms with van der Waals surface area (Å²) in [6.45, 7) is 0.738. The van der Waals surface area contributed by atoms with Crippen LogP contribution in [0.2, 0.25) is 0 Å². The molecule has 0 bridgehead atoms. The Labute approximate surface area is 95.4 Å². The van der Waals surface area contributed by atoms with E-state index in [0.29, 0.717) is 12.3 Å². The van der Waals surface area contributed by atoms with E-state index >= 15 is 0 Å². The van der Waals surface area contributed by atoms with Gasteiger partial charge in [0.25, 0.3) is 0 Å². The van der Waals surface area contributed by atoms with E-state index in [1.165, 1.54) is 25.7 Å². The molecular formula is C12H19NO3. The molecule has 16 heavy (non-hydrogen) atoms. The van der Waals surface area contributed by atoms with Gasteiger partial charge in [0.1, 0.15) is 0 Å². The average Bonchev–Trinajstić information content (AvgIpc) is 2.64. The number of carbonyl (C=O) groups is 2. The Morgan fingerprint density at radius 1 is 1.06 bits per heavy atom. The highest BCUT2D eigenvalue weighted by Crippen LogP contribution is 2.34. The number of hydrogen-bond donors (Lipinski definition) is 2. The molecule has 1 amide bonds. The van der Waals surface area contributed by atoms with Crippen LogP contribution in [0.3, 0.4) is 0 Å². The van der Waals surface area contributed by atoms with Gasteiger partial charge in [-0.25, -0.2) is 0 Å². The summed E-state index contributed by atoms with van der Waals surface area (Å²) in [6.07, 6.45) is 6.31. The Kier molecular flexibility index (Phi) is 3.46. The Hall–Kier alpha value is -1.06. The standard InChI is InChI=1S/C12H19NO3/c14-11(9-5-6-10(9)12(15)16)13-7-8-3-1-2-4-8/h8-10H,1-7H2,(H,13,14)(H,15,16). The quantitative estimate of drug-likeness (QED) is 0.760. The van der Waals surface area contributed by atoms with Crippen molar-refractivity contribution in [3.05, 3.63) is 0 Å². The molecule has 0 aromatic rings. The zero-order chi connectivity index (χ0) is 11.5. The lowest BCUT2D eigenvalue weighted by Crippen LogP contribution is -2.45. The van der Waals surface area contributed by atoms with Gasteiger partial charge in [0.05, 0.1) is 11.8 Å². The summed E-state index contributed by atoms with van der Waals surface area (Å²) in [5, 5.41) is 11.8. The summed E-state index contributed by atoms with van der Waals surface area (Å²) in [4.78, 5) is 22.5. The Morgan fingerprint density at radius 2 is 1.69 bits per heavy atom. The molecule has 2 aliphatic rings. The largest absolute Gasteiger partial charge is 0.481 e. The molecule has 4 nitrogen and oxygen atoms in total. The van der Waals surface area contributed by atoms with Crippen molar-refractivity contribution >= 4 is 11.9 Å². The first-order chi connectivity index (χ1) is 7.68. The fourth-order valence-electron chi connectivity index (χ4n) is 2.70. The van der Waals surface area contributed by atoms with Gasteiger partial charge in [0.15, 0.2) is 0 Å². The SMILES string of the molecule is O=C(O)C1CCC1C(=O)NCC1CCCC1. The van der Waals surface area contributed by atoms with Crippen LogP contribution in [0, 0.1) is 17.8 Å². The summed E-state index contributed by atoms with van der Waals surface area (Å²) in [7, 11) is 0. The average molecular weight is 225 g/mol. The second kappa shape index (κ2) is 4.85. The van der Waals surface area contributed by atoms with Gasteiger partial charge in [-0.15, -0.1) is 0 Å². The Balaban J connectivity index is 1.73. The molecule has 4 heteroatoms. The topological polar surface area (TPSA) is 66.4 Å². The molecule has 2 fully saturated rings. The molecule has 2 rings (SSSR count). The van der Waals surface area contributed by atoms with Crippen LogP contribution >= 0.6 is 0 Å². The van der Waals surface area contributed by atoms with Crippen LogP contribution in [0.25, 0.3) is 0 Å². The zero-order valence-corrected chi connectivity index (χ0v) is 9.45. The van der Waals surface area contributed by atoms with E-state index in [2.05, 4.69) is 5.32 Å². The molecule has 0 spiro atoms. The fourth-order valence-corrected chi connectivity index (χ4v) is 2.70. The number of carboxylic acids is 1. The monoisotopic (exact) mass is 225 g/mol. The van der Waals surface area contributed by atoms with Crippen molar-refractivity contribution < 1.29 is 14.7 Å². The molecule has 2 atom stereocenters. The number of nitrogens with one attached hydrogen (secondary N) is 1. The Morgan fingerprint density at radius 3 is 2.19 bits per heavy atom. The zero-order valence-electron chi connectivity index (χ0n) is 9.45. The van der Waals surface area contributed by atoms with Crippen LogP contribution in [-0.4, -0.2) is 23.5 Å². The van der Waals surface area contributed by atoms with Crippen molar-refractivity contribution in [2.45, 2.75) is 38.5 Å². The highest BCUT2D eigenvalue weighted by atomic mass is 16.4. The van der Waals surface area contributed by atoms with Crippen molar-refractivity contribution in [1.82, 2.24) is 5.32 Å². The fraction of sp³-hybridized carbons (Fsp3) is 0.833. The van der Waals surface area contributed by atoms with Crippen molar-refractivity contribution in [1.29, 1.82) is 0 Å². The molecule has 0 aliphatic heterocycles. The van der Waals surface area contributed by atoms with Crippen molar-refractivity contribution in [3.63, 3.8) is 0 Å². The highest BCUT2D eigenvalue weighted by Gasteiger charge is 2.41. The van der Waals surface area contributed by atoms with Crippen LogP contribution < -0.4 is 5.32 Å².